The summed E-state index contributed by atoms with van der Waals surface area (Å²) in [6.45, 7) is 6.55. The van der Waals surface area contributed by atoms with E-state index >= 15 is 0 Å². The third-order valence-corrected chi connectivity index (χ3v) is 13.6. The minimum atomic E-state index is -0.783. The van der Waals surface area contributed by atoms with E-state index in [9.17, 15) is 14.4 Å². The molecule has 0 saturated carbocycles. The molecule has 6 heteroatoms. The van der Waals surface area contributed by atoms with E-state index in [0.717, 1.165) is 96.3 Å². The first-order chi connectivity index (χ1) is 34.5. The number of allylic oxidation sites excluding steroid dienone is 8. The van der Waals surface area contributed by atoms with Gasteiger partial charge in [0.15, 0.2) is 6.10 Å². The number of carbonyl (C=O) groups excluding carboxylic acids is 3. The second-order valence-corrected chi connectivity index (χ2v) is 20.6. The van der Waals surface area contributed by atoms with E-state index in [-0.39, 0.29) is 31.1 Å². The molecule has 0 saturated heterocycles. The largest absolute Gasteiger partial charge is 0.462 e. The Bertz CT molecular complexity index is 1220. The second-order valence-electron chi connectivity index (χ2n) is 20.6. The molecule has 0 heterocycles. The molecule has 6 nitrogen and oxygen atoms in total. The summed E-state index contributed by atoms with van der Waals surface area (Å²) < 4.78 is 16.9. The van der Waals surface area contributed by atoms with E-state index in [1.807, 2.05) is 0 Å². The highest BCUT2D eigenvalue weighted by Crippen LogP contribution is 2.17. The van der Waals surface area contributed by atoms with Gasteiger partial charge in [0.25, 0.3) is 0 Å². The van der Waals surface area contributed by atoms with Crippen molar-refractivity contribution in [1.82, 2.24) is 0 Å². The van der Waals surface area contributed by atoms with Crippen LogP contribution in [0.5, 0.6) is 0 Å². The first kappa shape index (κ1) is 67.4. The smallest absolute Gasteiger partial charge is 0.306 e. The summed E-state index contributed by atoms with van der Waals surface area (Å²) in [4.78, 5) is 38.2. The highest BCUT2D eigenvalue weighted by Gasteiger charge is 2.19. The molecule has 408 valence electrons. The van der Waals surface area contributed by atoms with Crippen molar-refractivity contribution in [1.29, 1.82) is 0 Å². The van der Waals surface area contributed by atoms with E-state index in [2.05, 4.69) is 69.4 Å². The van der Waals surface area contributed by atoms with Crippen LogP contribution in [0.2, 0.25) is 0 Å². The highest BCUT2D eigenvalue weighted by molar-refractivity contribution is 5.71. The van der Waals surface area contributed by atoms with Gasteiger partial charge in [0.2, 0.25) is 0 Å². The lowest BCUT2D eigenvalue weighted by Gasteiger charge is -2.18. The van der Waals surface area contributed by atoms with Gasteiger partial charge in [0.05, 0.1) is 0 Å². The summed E-state index contributed by atoms with van der Waals surface area (Å²) in [5.41, 5.74) is 0. The lowest BCUT2D eigenvalue weighted by atomic mass is 10.0. The molecule has 0 bridgehead atoms. The minimum Gasteiger partial charge on any atom is -0.462 e. The molecule has 0 aromatic heterocycles. The molecule has 0 aromatic rings. The predicted octanol–water partition coefficient (Wildman–Crippen LogP) is 20.6. The van der Waals surface area contributed by atoms with Crippen LogP contribution in [0.4, 0.5) is 0 Å². The Labute approximate surface area is 435 Å². The van der Waals surface area contributed by atoms with Gasteiger partial charge in [0, 0.05) is 19.3 Å². The second kappa shape index (κ2) is 58.9. The topological polar surface area (TPSA) is 78.9 Å². The van der Waals surface area contributed by atoms with Crippen molar-refractivity contribution in [2.24, 2.45) is 0 Å². The summed E-state index contributed by atoms with van der Waals surface area (Å²) in [5.74, 6) is -0.883. The van der Waals surface area contributed by atoms with E-state index in [4.69, 9.17) is 14.2 Å². The Kier molecular flexibility index (Phi) is 56.7. The Balaban J connectivity index is 4.31. The zero-order valence-corrected chi connectivity index (χ0v) is 46.8. The standard InChI is InChI=1S/C64H116O6/c1-4-7-10-13-16-19-22-25-27-29-30-31-32-33-35-36-39-42-45-48-51-54-57-63(66)69-60-61(59-68-62(65)56-53-50-47-44-41-38-24-21-18-15-12-9-6-3)70-64(67)58-55-52-49-46-43-40-37-34-28-26-23-20-17-14-11-8-5-2/h8,11,17,20,26,28,37,40,61H,4-7,9-10,12-16,18-19,21-25,27,29-36,38-39,41-60H2,1-3H3/b11-8-,20-17-,28-26-,40-37-. The Hall–Kier alpha value is -2.63. The van der Waals surface area contributed by atoms with E-state index in [0.29, 0.717) is 19.3 Å². The molecule has 0 aliphatic rings. The van der Waals surface area contributed by atoms with Gasteiger partial charge in [-0.1, -0.05) is 294 Å². The van der Waals surface area contributed by atoms with Crippen molar-refractivity contribution in [2.45, 2.75) is 329 Å². The van der Waals surface area contributed by atoms with Crippen LogP contribution in [0.1, 0.15) is 323 Å². The zero-order chi connectivity index (χ0) is 50.7. The maximum Gasteiger partial charge on any atom is 0.306 e. The minimum absolute atomic E-state index is 0.0786. The van der Waals surface area contributed by atoms with Crippen molar-refractivity contribution in [3.63, 3.8) is 0 Å². The average Bonchev–Trinajstić information content (AvgIpc) is 3.36. The van der Waals surface area contributed by atoms with Gasteiger partial charge < -0.3 is 14.2 Å². The normalized spacial score (nSPS) is 12.3. The molecule has 0 aliphatic heterocycles. The SMILES string of the molecule is CC/C=C\C/C=C\C/C=C\C/C=C\CCCCCCC(=O)OC(COC(=O)CCCCCCCCCCCCCCC)COC(=O)CCCCCCCCCCCCCCCCCCCCCCCC. The monoisotopic (exact) mass is 981 g/mol. The van der Waals surface area contributed by atoms with Gasteiger partial charge in [-0.2, -0.15) is 0 Å². The highest BCUT2D eigenvalue weighted by atomic mass is 16.6. The molecule has 0 fully saturated rings. The molecule has 0 amide bonds. The van der Waals surface area contributed by atoms with Crippen LogP contribution in [0.15, 0.2) is 48.6 Å². The molecular weight excluding hydrogens is 865 g/mol. The van der Waals surface area contributed by atoms with E-state index in [1.54, 1.807) is 0 Å². The molecule has 0 rings (SSSR count). The summed E-state index contributed by atoms with van der Waals surface area (Å²) in [5, 5.41) is 0. The third kappa shape index (κ3) is 56.3. The van der Waals surface area contributed by atoms with Gasteiger partial charge in [-0.3, -0.25) is 14.4 Å². The zero-order valence-electron chi connectivity index (χ0n) is 46.8. The van der Waals surface area contributed by atoms with Crippen LogP contribution in [0.25, 0.3) is 0 Å². The molecule has 70 heavy (non-hydrogen) atoms. The van der Waals surface area contributed by atoms with Crippen LogP contribution >= 0.6 is 0 Å². The maximum atomic E-state index is 12.9. The van der Waals surface area contributed by atoms with Crippen LogP contribution in [0, 0.1) is 0 Å². The number of unbranched alkanes of at least 4 members (excludes halogenated alkanes) is 37. The Morgan fingerprint density at radius 1 is 0.300 bits per heavy atom. The Morgan fingerprint density at radius 2 is 0.557 bits per heavy atom. The van der Waals surface area contributed by atoms with Crippen LogP contribution < -0.4 is 0 Å². The lowest BCUT2D eigenvalue weighted by molar-refractivity contribution is -0.167. The summed E-state index contributed by atoms with van der Waals surface area (Å²) in [7, 11) is 0. The average molecular weight is 982 g/mol. The van der Waals surface area contributed by atoms with Gasteiger partial charge in [-0.25, -0.2) is 0 Å². The van der Waals surface area contributed by atoms with E-state index in [1.165, 1.54) is 186 Å². The summed E-state index contributed by atoms with van der Waals surface area (Å²) in [6.07, 6.45) is 72.6. The molecular formula is C64H116O6. The fourth-order valence-electron chi connectivity index (χ4n) is 9.02. The molecule has 1 unspecified atom stereocenters. The van der Waals surface area contributed by atoms with Crippen LogP contribution in [0.3, 0.4) is 0 Å². The molecule has 0 radical (unpaired) electrons. The van der Waals surface area contributed by atoms with Crippen molar-refractivity contribution in [3.8, 4) is 0 Å². The van der Waals surface area contributed by atoms with Crippen LogP contribution in [-0.4, -0.2) is 37.2 Å². The number of rotatable bonds is 56. The summed E-state index contributed by atoms with van der Waals surface area (Å²) >= 11 is 0. The third-order valence-electron chi connectivity index (χ3n) is 13.6. The fourth-order valence-corrected chi connectivity index (χ4v) is 9.02. The van der Waals surface area contributed by atoms with Gasteiger partial charge in [-0.15, -0.1) is 0 Å². The van der Waals surface area contributed by atoms with Crippen molar-refractivity contribution < 1.29 is 28.6 Å². The van der Waals surface area contributed by atoms with Crippen molar-refractivity contribution in [3.05, 3.63) is 48.6 Å². The number of carbonyl (C=O) groups is 3. The molecule has 0 aromatic carbocycles. The van der Waals surface area contributed by atoms with Crippen LogP contribution in [-0.2, 0) is 28.6 Å². The molecule has 0 spiro atoms. The Morgan fingerprint density at radius 3 is 0.871 bits per heavy atom. The molecule has 0 aliphatic carbocycles. The maximum absolute atomic E-state index is 12.9. The quantitative estimate of drug-likeness (QED) is 0.0261. The van der Waals surface area contributed by atoms with Gasteiger partial charge in [-0.05, 0) is 57.8 Å². The predicted molar refractivity (Wildman–Crippen MR) is 302 cm³/mol. The number of esters is 3. The lowest BCUT2D eigenvalue weighted by Crippen LogP contribution is -2.30. The molecule has 1 atom stereocenters. The first-order valence-corrected chi connectivity index (χ1v) is 30.6. The fraction of sp³-hybridized carbons (Fsp3) is 0.828. The number of hydrogen-bond acceptors (Lipinski definition) is 6. The van der Waals surface area contributed by atoms with Crippen molar-refractivity contribution in [2.75, 3.05) is 13.2 Å². The number of hydrogen-bond donors (Lipinski definition) is 0. The van der Waals surface area contributed by atoms with Gasteiger partial charge in [0.1, 0.15) is 13.2 Å². The number of ether oxygens (including phenoxy) is 3. The van der Waals surface area contributed by atoms with E-state index < -0.39 is 6.10 Å². The first-order valence-electron chi connectivity index (χ1n) is 30.6. The van der Waals surface area contributed by atoms with Gasteiger partial charge >= 0.3 is 17.9 Å². The van der Waals surface area contributed by atoms with Crippen molar-refractivity contribution >= 4 is 17.9 Å². The molecule has 0 N–H and O–H groups in total. The summed E-state index contributed by atoms with van der Waals surface area (Å²) in [6, 6.07) is 0.